The van der Waals surface area contributed by atoms with Crippen LogP contribution in [-0.4, -0.2) is 39.7 Å². The highest BCUT2D eigenvalue weighted by atomic mass is 16.3. The molecular weight excluding hydrogens is 184 g/mol. The number of amides is 1. The summed E-state index contributed by atoms with van der Waals surface area (Å²) in [6, 6.07) is 0. The molecule has 2 N–H and O–H groups in total. The van der Waals surface area contributed by atoms with E-state index in [0.717, 1.165) is 11.4 Å². The summed E-state index contributed by atoms with van der Waals surface area (Å²) in [5.74, 6) is -0.117. The molecule has 14 heavy (non-hydrogen) atoms. The molecule has 1 amide bonds. The summed E-state index contributed by atoms with van der Waals surface area (Å²) in [6.07, 6.45) is 0.472. The van der Waals surface area contributed by atoms with Gasteiger partial charge in [0, 0.05) is 20.1 Å². The zero-order valence-corrected chi connectivity index (χ0v) is 8.32. The van der Waals surface area contributed by atoms with Crippen LogP contribution < -0.4 is 5.32 Å². The third-order valence-corrected chi connectivity index (χ3v) is 2.00. The Bertz CT molecular complexity index is 321. The van der Waals surface area contributed by atoms with Gasteiger partial charge >= 0.3 is 0 Å². The van der Waals surface area contributed by atoms with E-state index in [9.17, 15) is 4.79 Å². The molecule has 0 aliphatic heterocycles. The minimum absolute atomic E-state index is 0.0412. The van der Waals surface area contributed by atoms with Crippen molar-refractivity contribution < 1.29 is 9.90 Å². The zero-order valence-electron chi connectivity index (χ0n) is 8.32. The van der Waals surface area contributed by atoms with Crippen LogP contribution >= 0.6 is 0 Å². The minimum atomic E-state index is -0.117. The molecule has 0 spiro atoms. The predicted molar refractivity (Wildman–Crippen MR) is 49.6 cm³/mol. The van der Waals surface area contributed by atoms with Crippen molar-refractivity contribution >= 4 is 5.91 Å². The summed E-state index contributed by atoms with van der Waals surface area (Å²) < 4.78 is 1.52. The van der Waals surface area contributed by atoms with E-state index in [1.165, 1.54) is 4.68 Å². The van der Waals surface area contributed by atoms with Crippen molar-refractivity contribution in [3.8, 4) is 0 Å². The van der Waals surface area contributed by atoms with Gasteiger partial charge in [0.15, 0.2) is 0 Å². The average molecular weight is 198 g/mol. The van der Waals surface area contributed by atoms with Crippen molar-refractivity contribution in [3.05, 3.63) is 11.4 Å². The van der Waals surface area contributed by atoms with Gasteiger partial charge in [0.1, 0.15) is 6.54 Å². The first-order valence-electron chi connectivity index (χ1n) is 4.39. The topological polar surface area (TPSA) is 80.0 Å². The van der Waals surface area contributed by atoms with Crippen molar-refractivity contribution in [1.82, 2.24) is 20.3 Å². The van der Waals surface area contributed by atoms with Crippen molar-refractivity contribution in [3.63, 3.8) is 0 Å². The molecule has 1 heterocycles. The monoisotopic (exact) mass is 198 g/mol. The minimum Gasteiger partial charge on any atom is -0.396 e. The molecule has 78 valence electrons. The standard InChI is InChI=1S/C8H14N4O2/c1-6-7(3-4-13)10-11-12(6)5-8(14)9-2/h13H,3-5H2,1-2H3,(H,9,14). The summed E-state index contributed by atoms with van der Waals surface area (Å²) >= 11 is 0. The molecular formula is C8H14N4O2. The Morgan fingerprint density at radius 1 is 1.64 bits per heavy atom. The smallest absolute Gasteiger partial charge is 0.241 e. The van der Waals surface area contributed by atoms with Crippen LogP contribution in [0.1, 0.15) is 11.4 Å². The molecule has 0 fully saturated rings. The van der Waals surface area contributed by atoms with Gasteiger partial charge in [-0.1, -0.05) is 5.21 Å². The Hall–Kier alpha value is -1.43. The highest BCUT2D eigenvalue weighted by molar-refractivity contribution is 5.75. The maximum atomic E-state index is 11.1. The number of hydrogen-bond donors (Lipinski definition) is 2. The molecule has 0 saturated carbocycles. The van der Waals surface area contributed by atoms with Crippen LogP contribution in [0, 0.1) is 6.92 Å². The van der Waals surface area contributed by atoms with E-state index in [1.807, 2.05) is 6.92 Å². The number of aromatic nitrogens is 3. The van der Waals surface area contributed by atoms with E-state index in [2.05, 4.69) is 15.6 Å². The second-order valence-corrected chi connectivity index (χ2v) is 2.93. The van der Waals surface area contributed by atoms with Gasteiger partial charge in [-0.05, 0) is 6.92 Å². The Kier molecular flexibility index (Phi) is 3.58. The van der Waals surface area contributed by atoms with Gasteiger partial charge in [0.05, 0.1) is 11.4 Å². The Morgan fingerprint density at radius 2 is 2.36 bits per heavy atom. The lowest BCUT2D eigenvalue weighted by atomic mass is 10.3. The normalized spacial score (nSPS) is 10.2. The number of carbonyl (C=O) groups excluding carboxylic acids is 1. The van der Waals surface area contributed by atoms with Gasteiger partial charge in [0.25, 0.3) is 0 Å². The lowest BCUT2D eigenvalue weighted by Gasteiger charge is -2.01. The zero-order chi connectivity index (χ0) is 10.6. The summed E-state index contributed by atoms with van der Waals surface area (Å²) in [4.78, 5) is 11.1. The van der Waals surface area contributed by atoms with Gasteiger partial charge < -0.3 is 10.4 Å². The maximum absolute atomic E-state index is 11.1. The molecule has 0 aliphatic rings. The lowest BCUT2D eigenvalue weighted by Crippen LogP contribution is -2.24. The second-order valence-electron chi connectivity index (χ2n) is 2.93. The van der Waals surface area contributed by atoms with Crippen LogP contribution in [0.5, 0.6) is 0 Å². The molecule has 0 saturated heterocycles. The molecule has 0 aliphatic carbocycles. The van der Waals surface area contributed by atoms with Crippen molar-refractivity contribution in [2.75, 3.05) is 13.7 Å². The number of carbonyl (C=O) groups is 1. The molecule has 1 aromatic rings. The highest BCUT2D eigenvalue weighted by Crippen LogP contribution is 2.03. The fourth-order valence-electron chi connectivity index (χ4n) is 1.10. The summed E-state index contributed by atoms with van der Waals surface area (Å²) in [6.45, 7) is 2.04. The van der Waals surface area contributed by atoms with E-state index in [-0.39, 0.29) is 19.1 Å². The second kappa shape index (κ2) is 4.71. The number of rotatable bonds is 4. The van der Waals surface area contributed by atoms with E-state index < -0.39 is 0 Å². The largest absolute Gasteiger partial charge is 0.396 e. The van der Waals surface area contributed by atoms with Crippen LogP contribution in [0.25, 0.3) is 0 Å². The molecule has 1 rings (SSSR count). The quantitative estimate of drug-likeness (QED) is 0.641. The number of aliphatic hydroxyl groups excluding tert-OH is 1. The molecule has 6 heteroatoms. The van der Waals surface area contributed by atoms with Crippen LogP contribution in [0.2, 0.25) is 0 Å². The molecule has 1 aromatic heterocycles. The van der Waals surface area contributed by atoms with Gasteiger partial charge in [-0.2, -0.15) is 0 Å². The lowest BCUT2D eigenvalue weighted by molar-refractivity contribution is -0.121. The first-order valence-corrected chi connectivity index (χ1v) is 4.39. The Balaban J connectivity index is 2.74. The number of nitrogens with zero attached hydrogens (tertiary/aromatic N) is 3. The maximum Gasteiger partial charge on any atom is 0.241 e. The number of likely N-dealkylation sites (N-methyl/N-ethyl adjacent to an activating group) is 1. The molecule has 0 radical (unpaired) electrons. The fraction of sp³-hybridized carbons (Fsp3) is 0.625. The first-order chi connectivity index (χ1) is 6.69. The third kappa shape index (κ3) is 2.29. The molecule has 0 aromatic carbocycles. The molecule has 0 bridgehead atoms. The first kappa shape index (κ1) is 10.6. The Morgan fingerprint density at radius 3 is 2.93 bits per heavy atom. The van der Waals surface area contributed by atoms with Crippen molar-refractivity contribution in [1.29, 1.82) is 0 Å². The van der Waals surface area contributed by atoms with Crippen molar-refractivity contribution in [2.24, 2.45) is 0 Å². The summed E-state index contributed by atoms with van der Waals surface area (Å²) in [7, 11) is 1.57. The highest BCUT2D eigenvalue weighted by Gasteiger charge is 2.09. The van der Waals surface area contributed by atoms with Crippen LogP contribution in [0.15, 0.2) is 0 Å². The Labute approximate surface area is 81.9 Å². The van der Waals surface area contributed by atoms with E-state index in [1.54, 1.807) is 7.05 Å². The van der Waals surface area contributed by atoms with Gasteiger partial charge in [0.2, 0.25) is 5.91 Å². The van der Waals surface area contributed by atoms with Gasteiger partial charge in [-0.15, -0.1) is 5.10 Å². The molecule has 6 nitrogen and oxygen atoms in total. The predicted octanol–water partition coefficient (Wildman–Crippen LogP) is -1.13. The SMILES string of the molecule is CNC(=O)Cn1nnc(CCO)c1C. The molecule has 0 unspecified atom stereocenters. The third-order valence-electron chi connectivity index (χ3n) is 2.00. The van der Waals surface area contributed by atoms with Gasteiger partial charge in [-0.3, -0.25) is 4.79 Å². The van der Waals surface area contributed by atoms with E-state index in [0.29, 0.717) is 6.42 Å². The van der Waals surface area contributed by atoms with Crippen LogP contribution in [-0.2, 0) is 17.8 Å². The van der Waals surface area contributed by atoms with Crippen LogP contribution in [0.3, 0.4) is 0 Å². The van der Waals surface area contributed by atoms with Crippen molar-refractivity contribution in [2.45, 2.75) is 19.9 Å². The number of aliphatic hydroxyl groups is 1. The summed E-state index contributed by atoms with van der Waals surface area (Å²) in [5, 5.41) is 18.9. The number of nitrogens with one attached hydrogen (secondary N) is 1. The van der Waals surface area contributed by atoms with Crippen LogP contribution in [0.4, 0.5) is 0 Å². The van der Waals surface area contributed by atoms with E-state index in [4.69, 9.17) is 5.11 Å². The fourth-order valence-corrected chi connectivity index (χ4v) is 1.10. The molecule has 0 atom stereocenters. The van der Waals surface area contributed by atoms with Gasteiger partial charge in [-0.25, -0.2) is 4.68 Å². The average Bonchev–Trinajstić information content (AvgIpc) is 2.50. The number of hydrogen-bond acceptors (Lipinski definition) is 4. The van der Waals surface area contributed by atoms with E-state index >= 15 is 0 Å². The summed E-state index contributed by atoms with van der Waals surface area (Å²) in [5.41, 5.74) is 1.55.